The Bertz CT molecular complexity index is 904. The van der Waals surface area contributed by atoms with Gasteiger partial charge in [0.05, 0.1) is 10.9 Å². The van der Waals surface area contributed by atoms with Gasteiger partial charge >= 0.3 is 0 Å². The van der Waals surface area contributed by atoms with Crippen molar-refractivity contribution >= 4 is 28.0 Å². The molecular formula is C26H34N2P2. The summed E-state index contributed by atoms with van der Waals surface area (Å²) in [5.41, 5.74) is 5.20. The number of pyridine rings is 2. The van der Waals surface area contributed by atoms with E-state index in [9.17, 15) is 0 Å². The zero-order valence-corrected chi connectivity index (χ0v) is 21.1. The molecule has 3 rings (SSSR count). The molecule has 1 unspecified atom stereocenters. The molecule has 3 aromatic rings. The highest BCUT2D eigenvalue weighted by Crippen LogP contribution is 2.59. The molecule has 0 aliphatic rings. The van der Waals surface area contributed by atoms with E-state index in [0.29, 0.717) is 0 Å². The molecule has 0 aliphatic heterocycles. The summed E-state index contributed by atoms with van der Waals surface area (Å²) in [6, 6.07) is 21.4. The summed E-state index contributed by atoms with van der Waals surface area (Å²) in [6.45, 7) is 14.1. The SMILES string of the molecule is CC(C)(C)C(P)(c1ccccc1CP(c1ccccn1)c1ccccn1)C(C)(C)C. The average Bonchev–Trinajstić information content (AvgIpc) is 2.71. The Morgan fingerprint density at radius 1 is 0.700 bits per heavy atom. The van der Waals surface area contributed by atoms with Gasteiger partial charge in [-0.05, 0) is 46.2 Å². The van der Waals surface area contributed by atoms with Gasteiger partial charge in [-0.1, -0.05) is 77.9 Å². The normalized spacial score (nSPS) is 12.9. The molecule has 2 nitrogen and oxygen atoms in total. The Hall–Kier alpha value is -1.62. The summed E-state index contributed by atoms with van der Waals surface area (Å²) < 4.78 is 0. The lowest BCUT2D eigenvalue weighted by atomic mass is 9.62. The second-order valence-corrected chi connectivity index (χ2v) is 12.9. The summed E-state index contributed by atoms with van der Waals surface area (Å²) in [4.78, 5) is 9.45. The van der Waals surface area contributed by atoms with Crippen molar-refractivity contribution in [2.24, 2.45) is 10.8 Å². The van der Waals surface area contributed by atoms with Crippen LogP contribution in [0, 0.1) is 10.8 Å². The van der Waals surface area contributed by atoms with E-state index in [-0.39, 0.29) is 16.0 Å². The lowest BCUT2D eigenvalue weighted by Crippen LogP contribution is -2.45. The van der Waals surface area contributed by atoms with E-state index in [4.69, 9.17) is 9.97 Å². The standard InChI is InChI=1S/C26H34N2P2/c1-24(2,3)26(29,25(4,5)6)21-14-8-7-13-20(21)19-30(22-15-9-11-17-27-22)23-16-10-12-18-28-23/h7-18H,19,29H2,1-6H3. The monoisotopic (exact) mass is 436 g/mol. The highest BCUT2D eigenvalue weighted by atomic mass is 31.1. The van der Waals surface area contributed by atoms with Crippen molar-refractivity contribution in [2.75, 3.05) is 0 Å². The fourth-order valence-corrected chi connectivity index (χ4v) is 6.85. The Morgan fingerprint density at radius 2 is 1.17 bits per heavy atom. The Balaban J connectivity index is 2.15. The van der Waals surface area contributed by atoms with Crippen LogP contribution in [0.2, 0.25) is 0 Å². The number of benzene rings is 1. The van der Waals surface area contributed by atoms with Crippen LogP contribution < -0.4 is 10.9 Å². The minimum atomic E-state index is -0.694. The van der Waals surface area contributed by atoms with Gasteiger partial charge in [0.15, 0.2) is 0 Å². The second-order valence-electron chi connectivity index (χ2n) is 9.93. The maximum Gasteiger partial charge on any atom is 0.0695 e. The zero-order valence-electron chi connectivity index (χ0n) is 19.1. The molecule has 4 heteroatoms. The van der Waals surface area contributed by atoms with Crippen LogP contribution in [0.15, 0.2) is 73.1 Å². The summed E-state index contributed by atoms with van der Waals surface area (Å²) in [5.74, 6) is 0. The molecule has 158 valence electrons. The first-order valence-corrected chi connectivity index (χ1v) is 12.6. The van der Waals surface area contributed by atoms with Crippen LogP contribution in [0.25, 0.3) is 0 Å². The van der Waals surface area contributed by atoms with Crippen molar-refractivity contribution in [3.05, 3.63) is 84.2 Å². The number of nitrogens with zero attached hydrogens (tertiary/aromatic N) is 2. The molecule has 0 spiro atoms. The van der Waals surface area contributed by atoms with E-state index in [2.05, 4.69) is 99.3 Å². The van der Waals surface area contributed by atoms with Crippen molar-refractivity contribution in [2.45, 2.75) is 52.9 Å². The summed E-state index contributed by atoms with van der Waals surface area (Å²) >= 11 is 0. The van der Waals surface area contributed by atoms with Crippen molar-refractivity contribution in [3.8, 4) is 0 Å². The molecule has 0 saturated heterocycles. The van der Waals surface area contributed by atoms with Crippen LogP contribution in [0.4, 0.5) is 0 Å². The van der Waals surface area contributed by atoms with Gasteiger partial charge in [-0.15, -0.1) is 9.24 Å². The molecule has 0 N–H and O–H groups in total. The fraction of sp³-hybridized carbons (Fsp3) is 0.385. The van der Waals surface area contributed by atoms with Gasteiger partial charge in [0, 0.05) is 31.6 Å². The number of hydrogen-bond acceptors (Lipinski definition) is 2. The van der Waals surface area contributed by atoms with Gasteiger partial charge in [0.1, 0.15) is 0 Å². The number of rotatable bonds is 5. The minimum Gasteiger partial charge on any atom is -0.256 e. The Labute approximate surface area is 185 Å². The molecule has 0 fully saturated rings. The van der Waals surface area contributed by atoms with Crippen LogP contribution in [0.1, 0.15) is 52.7 Å². The Kier molecular flexibility index (Phi) is 6.81. The highest BCUT2D eigenvalue weighted by molar-refractivity contribution is 7.71. The summed E-state index contributed by atoms with van der Waals surface area (Å²) in [7, 11) is 2.56. The van der Waals surface area contributed by atoms with Crippen LogP contribution >= 0.6 is 17.2 Å². The maximum absolute atomic E-state index is 4.72. The van der Waals surface area contributed by atoms with Gasteiger partial charge < -0.3 is 0 Å². The summed E-state index contributed by atoms with van der Waals surface area (Å²) in [5, 5.41) is -0.0776. The molecule has 2 aromatic heterocycles. The third kappa shape index (κ3) is 4.51. The predicted molar refractivity (Wildman–Crippen MR) is 135 cm³/mol. The van der Waals surface area contributed by atoms with Crippen molar-refractivity contribution in [3.63, 3.8) is 0 Å². The first-order chi connectivity index (χ1) is 14.1. The fourth-order valence-electron chi connectivity index (χ4n) is 4.45. The second kappa shape index (κ2) is 8.86. The van der Waals surface area contributed by atoms with Gasteiger partial charge in [0.25, 0.3) is 0 Å². The first-order valence-electron chi connectivity index (χ1n) is 10.5. The zero-order chi connectivity index (χ0) is 22.0. The van der Waals surface area contributed by atoms with Crippen LogP contribution in [0.5, 0.6) is 0 Å². The van der Waals surface area contributed by atoms with E-state index >= 15 is 0 Å². The van der Waals surface area contributed by atoms with Crippen LogP contribution in [-0.4, -0.2) is 9.97 Å². The Morgan fingerprint density at radius 3 is 1.60 bits per heavy atom. The van der Waals surface area contributed by atoms with Crippen molar-refractivity contribution in [1.29, 1.82) is 0 Å². The van der Waals surface area contributed by atoms with Crippen molar-refractivity contribution < 1.29 is 0 Å². The van der Waals surface area contributed by atoms with E-state index in [1.54, 1.807) is 0 Å². The van der Waals surface area contributed by atoms with E-state index in [1.807, 2.05) is 24.5 Å². The molecule has 1 aromatic carbocycles. The van der Waals surface area contributed by atoms with Gasteiger partial charge in [-0.2, -0.15) is 0 Å². The largest absolute Gasteiger partial charge is 0.256 e. The molecular weight excluding hydrogens is 402 g/mol. The van der Waals surface area contributed by atoms with Gasteiger partial charge in [-0.3, -0.25) is 9.97 Å². The van der Waals surface area contributed by atoms with E-state index in [1.165, 1.54) is 11.1 Å². The smallest absolute Gasteiger partial charge is 0.0695 e. The lowest BCUT2D eigenvalue weighted by Gasteiger charge is -2.52. The molecule has 0 aliphatic carbocycles. The highest BCUT2D eigenvalue weighted by Gasteiger charge is 2.49. The topological polar surface area (TPSA) is 25.8 Å². The molecule has 0 saturated carbocycles. The predicted octanol–water partition coefficient (Wildman–Crippen LogP) is 6.27. The third-order valence-electron chi connectivity index (χ3n) is 5.99. The first kappa shape index (κ1) is 23.1. The molecule has 2 heterocycles. The van der Waals surface area contributed by atoms with Crippen molar-refractivity contribution in [1.82, 2.24) is 9.97 Å². The third-order valence-corrected chi connectivity index (χ3v) is 10.3. The maximum atomic E-state index is 4.72. The van der Waals surface area contributed by atoms with Crippen LogP contribution in [0.3, 0.4) is 0 Å². The number of hydrogen-bond donors (Lipinski definition) is 0. The van der Waals surface area contributed by atoms with Gasteiger partial charge in [-0.25, -0.2) is 0 Å². The number of aromatic nitrogens is 2. The van der Waals surface area contributed by atoms with Gasteiger partial charge in [0.2, 0.25) is 0 Å². The quantitative estimate of drug-likeness (QED) is 0.441. The van der Waals surface area contributed by atoms with E-state index < -0.39 is 7.92 Å². The lowest BCUT2D eigenvalue weighted by molar-refractivity contribution is 0.139. The molecule has 30 heavy (non-hydrogen) atoms. The summed E-state index contributed by atoms with van der Waals surface area (Å²) in [6.07, 6.45) is 4.72. The molecule has 1 atom stereocenters. The minimum absolute atomic E-state index is 0.0742. The molecule has 0 amide bonds. The molecule has 0 radical (unpaired) electrons. The van der Waals surface area contributed by atoms with E-state index in [0.717, 1.165) is 17.0 Å². The molecule has 0 bridgehead atoms. The average molecular weight is 437 g/mol. The van der Waals surface area contributed by atoms with Crippen LogP contribution in [-0.2, 0) is 11.3 Å².